The fourth-order valence-electron chi connectivity index (χ4n) is 5.71. The summed E-state index contributed by atoms with van der Waals surface area (Å²) in [4.78, 5) is 15.1. The minimum Gasteiger partial charge on any atom is -0.481 e. The zero-order valence-electron chi connectivity index (χ0n) is 12.8. The summed E-state index contributed by atoms with van der Waals surface area (Å²) in [6.45, 7) is 1.00. The molecule has 2 aliphatic carbocycles. The van der Waals surface area contributed by atoms with E-state index in [0.717, 1.165) is 37.1 Å². The first-order valence-electron chi connectivity index (χ1n) is 8.32. The molecule has 0 aromatic heterocycles. The number of ketones is 1. The van der Waals surface area contributed by atoms with Crippen molar-refractivity contribution in [1.29, 1.82) is 0 Å². The lowest BCUT2D eigenvalue weighted by Crippen LogP contribution is -2.65. The monoisotopic (exact) mass is 299 g/mol. The maximum Gasteiger partial charge on any atom is 0.174 e. The van der Waals surface area contributed by atoms with Crippen LogP contribution in [0.1, 0.15) is 36.0 Å². The molecular weight excluding hydrogens is 278 g/mol. The summed E-state index contributed by atoms with van der Waals surface area (Å²) in [7, 11) is 2.22. The summed E-state index contributed by atoms with van der Waals surface area (Å²) in [5.41, 5.74) is 3.32. The molecule has 1 aromatic rings. The van der Waals surface area contributed by atoms with Gasteiger partial charge in [-0.1, -0.05) is 12.1 Å². The predicted octanol–water partition coefficient (Wildman–Crippen LogP) is 1.42. The second-order valence-corrected chi connectivity index (χ2v) is 7.40. The zero-order valence-corrected chi connectivity index (χ0v) is 12.8. The molecule has 2 fully saturated rings. The minimum absolute atomic E-state index is 0.0202. The molecule has 2 aliphatic heterocycles. The molecule has 4 atom stereocenters. The van der Waals surface area contributed by atoms with E-state index in [-0.39, 0.29) is 23.9 Å². The Morgan fingerprint density at radius 1 is 1.45 bits per heavy atom. The number of aliphatic hydroxyl groups is 1. The van der Waals surface area contributed by atoms with Gasteiger partial charge < -0.3 is 14.7 Å². The van der Waals surface area contributed by atoms with Crippen LogP contribution in [0.15, 0.2) is 12.1 Å². The van der Waals surface area contributed by atoms with Gasteiger partial charge in [0.2, 0.25) is 0 Å². The van der Waals surface area contributed by atoms with Gasteiger partial charge in [0.25, 0.3) is 0 Å². The second-order valence-electron chi connectivity index (χ2n) is 7.40. The maximum atomic E-state index is 12.6. The van der Waals surface area contributed by atoms with E-state index in [0.29, 0.717) is 18.4 Å². The number of Topliss-reactive ketones (excluding diaryl/α,β-unsaturated/α-hetero) is 1. The van der Waals surface area contributed by atoms with Crippen molar-refractivity contribution in [3.63, 3.8) is 0 Å². The first-order valence-corrected chi connectivity index (χ1v) is 8.32. The van der Waals surface area contributed by atoms with Crippen molar-refractivity contribution >= 4 is 5.78 Å². The number of benzene rings is 1. The number of likely N-dealkylation sites (tertiary alicyclic amines) is 1. The van der Waals surface area contributed by atoms with Crippen molar-refractivity contribution in [2.24, 2.45) is 5.92 Å². The van der Waals surface area contributed by atoms with Crippen molar-refractivity contribution in [1.82, 2.24) is 4.90 Å². The number of rotatable bonds is 1. The highest BCUT2D eigenvalue weighted by atomic mass is 16.5. The van der Waals surface area contributed by atoms with Gasteiger partial charge in [-0.15, -0.1) is 0 Å². The maximum absolute atomic E-state index is 12.6. The molecule has 1 aromatic carbocycles. The SMILES string of the molecule is CN1CCC23c4c5ccc(CO)c4OC2C(=O)CC[C@H]3[C@H]1C5. The van der Waals surface area contributed by atoms with Gasteiger partial charge in [-0.2, -0.15) is 0 Å². The fraction of sp³-hybridized carbons (Fsp3) is 0.611. The highest BCUT2D eigenvalue weighted by Crippen LogP contribution is 2.61. The van der Waals surface area contributed by atoms with E-state index in [2.05, 4.69) is 18.0 Å². The molecule has 116 valence electrons. The molecule has 4 nitrogen and oxygen atoms in total. The van der Waals surface area contributed by atoms with E-state index in [1.165, 1.54) is 11.1 Å². The number of hydrogen-bond donors (Lipinski definition) is 1. The van der Waals surface area contributed by atoms with Crippen molar-refractivity contribution in [2.45, 2.75) is 49.9 Å². The summed E-state index contributed by atoms with van der Waals surface area (Å²) in [6, 6.07) is 4.65. The summed E-state index contributed by atoms with van der Waals surface area (Å²) < 4.78 is 6.22. The molecule has 1 spiro atoms. The number of carbonyl (C=O) groups is 1. The Bertz CT molecular complexity index is 685. The molecule has 5 rings (SSSR count). The van der Waals surface area contributed by atoms with Crippen LogP contribution < -0.4 is 4.74 Å². The van der Waals surface area contributed by atoms with E-state index in [1.807, 2.05) is 6.07 Å². The Labute approximate surface area is 130 Å². The van der Waals surface area contributed by atoms with Gasteiger partial charge in [0.05, 0.1) is 6.61 Å². The van der Waals surface area contributed by atoms with Crippen LogP contribution in [0.2, 0.25) is 0 Å². The standard InChI is InChI=1S/C18H21NO3/c1-19-7-6-18-12-4-5-14(21)17(18)22-16-11(9-20)3-2-10(15(16)18)8-13(12)19/h2-3,12-13,17,20H,4-9H2,1H3/t12-,13+,17?,18?/m0/s1. The molecule has 4 aliphatic rings. The van der Waals surface area contributed by atoms with Gasteiger partial charge in [0.1, 0.15) is 5.75 Å². The number of nitrogens with zero attached hydrogens (tertiary/aromatic N) is 1. The summed E-state index contributed by atoms with van der Waals surface area (Å²) >= 11 is 0. The molecule has 2 bridgehead atoms. The number of aliphatic hydroxyl groups excluding tert-OH is 1. The van der Waals surface area contributed by atoms with E-state index in [4.69, 9.17) is 4.74 Å². The Morgan fingerprint density at radius 3 is 3.14 bits per heavy atom. The Balaban J connectivity index is 1.81. The van der Waals surface area contributed by atoms with Crippen molar-refractivity contribution < 1.29 is 14.6 Å². The lowest BCUT2D eigenvalue weighted by Gasteiger charge is -2.57. The summed E-state index contributed by atoms with van der Waals surface area (Å²) in [5.74, 6) is 1.59. The molecular formula is C18H21NO3. The lowest BCUT2D eigenvalue weighted by atomic mass is 9.51. The number of likely N-dealkylation sites (N-methyl/N-ethyl adjacent to an activating group) is 1. The van der Waals surface area contributed by atoms with Crippen LogP contribution in [0.25, 0.3) is 0 Å². The van der Waals surface area contributed by atoms with Gasteiger partial charge >= 0.3 is 0 Å². The molecule has 0 radical (unpaired) electrons. The summed E-state index contributed by atoms with van der Waals surface area (Å²) in [5, 5.41) is 9.67. The van der Waals surface area contributed by atoms with Crippen LogP contribution >= 0.6 is 0 Å². The molecule has 1 saturated carbocycles. The first-order chi connectivity index (χ1) is 10.7. The van der Waals surface area contributed by atoms with Gasteiger partial charge in [-0.05, 0) is 44.3 Å². The van der Waals surface area contributed by atoms with Gasteiger partial charge in [0.15, 0.2) is 11.9 Å². The van der Waals surface area contributed by atoms with Crippen molar-refractivity contribution in [3.8, 4) is 5.75 Å². The van der Waals surface area contributed by atoms with Gasteiger partial charge in [-0.25, -0.2) is 0 Å². The number of ether oxygens (including phenoxy) is 1. The van der Waals surface area contributed by atoms with Gasteiger partial charge in [-0.3, -0.25) is 4.79 Å². The van der Waals surface area contributed by atoms with E-state index in [9.17, 15) is 9.90 Å². The average Bonchev–Trinajstić information content (AvgIpc) is 2.88. The van der Waals surface area contributed by atoms with E-state index in [1.54, 1.807) is 0 Å². The van der Waals surface area contributed by atoms with Crippen LogP contribution in [0.3, 0.4) is 0 Å². The zero-order chi connectivity index (χ0) is 15.1. The number of piperidine rings is 1. The lowest BCUT2D eigenvalue weighted by molar-refractivity contribution is -0.138. The Hall–Kier alpha value is -1.39. The molecule has 4 heteroatoms. The van der Waals surface area contributed by atoms with Crippen LogP contribution in [0.4, 0.5) is 0 Å². The largest absolute Gasteiger partial charge is 0.481 e. The predicted molar refractivity (Wildman–Crippen MR) is 80.9 cm³/mol. The first kappa shape index (κ1) is 13.1. The van der Waals surface area contributed by atoms with Crippen LogP contribution in [-0.4, -0.2) is 41.5 Å². The Morgan fingerprint density at radius 2 is 2.32 bits per heavy atom. The average molecular weight is 299 g/mol. The van der Waals surface area contributed by atoms with Crippen LogP contribution in [0, 0.1) is 5.92 Å². The van der Waals surface area contributed by atoms with E-state index >= 15 is 0 Å². The minimum atomic E-state index is -0.316. The molecule has 0 amide bonds. The quantitative estimate of drug-likeness (QED) is 0.852. The number of carbonyl (C=O) groups excluding carboxylic acids is 1. The third kappa shape index (κ3) is 1.30. The second kappa shape index (κ2) is 4.12. The molecule has 1 N–H and O–H groups in total. The summed E-state index contributed by atoms with van der Waals surface area (Å²) in [6.07, 6.45) is 3.34. The van der Waals surface area contributed by atoms with Gasteiger partial charge in [0, 0.05) is 29.0 Å². The van der Waals surface area contributed by atoms with Crippen LogP contribution in [-0.2, 0) is 23.2 Å². The topological polar surface area (TPSA) is 49.8 Å². The Kier molecular flexibility index (Phi) is 2.45. The van der Waals surface area contributed by atoms with Crippen LogP contribution in [0.5, 0.6) is 5.75 Å². The van der Waals surface area contributed by atoms with Crippen molar-refractivity contribution in [3.05, 3.63) is 28.8 Å². The normalized spacial score (nSPS) is 38.6. The molecule has 1 saturated heterocycles. The van der Waals surface area contributed by atoms with Crippen molar-refractivity contribution in [2.75, 3.05) is 13.6 Å². The molecule has 2 heterocycles. The third-order valence-corrected chi connectivity index (χ3v) is 6.66. The highest BCUT2D eigenvalue weighted by Gasteiger charge is 2.65. The highest BCUT2D eigenvalue weighted by molar-refractivity contribution is 5.89. The third-order valence-electron chi connectivity index (χ3n) is 6.66. The smallest absolute Gasteiger partial charge is 0.174 e. The molecule has 2 unspecified atom stereocenters. The molecule has 22 heavy (non-hydrogen) atoms. The fourth-order valence-corrected chi connectivity index (χ4v) is 5.71. The van der Waals surface area contributed by atoms with E-state index < -0.39 is 0 Å². The number of hydrogen-bond acceptors (Lipinski definition) is 4.